The lowest BCUT2D eigenvalue weighted by Gasteiger charge is -2.31. The van der Waals surface area contributed by atoms with Crippen LogP contribution in [0.25, 0.3) is 0 Å². The molecule has 0 aromatic heterocycles. The van der Waals surface area contributed by atoms with Gasteiger partial charge in [-0.15, -0.1) is 0 Å². The van der Waals surface area contributed by atoms with Crippen molar-refractivity contribution in [2.24, 2.45) is 17.8 Å². The normalized spacial score (nSPS) is 26.9. The molecule has 0 aromatic rings. The van der Waals surface area contributed by atoms with Crippen LogP contribution in [0.1, 0.15) is 58.8 Å². The van der Waals surface area contributed by atoms with Crippen molar-refractivity contribution in [2.75, 3.05) is 26.2 Å². The van der Waals surface area contributed by atoms with E-state index in [0.717, 1.165) is 51.9 Å². The van der Waals surface area contributed by atoms with Crippen LogP contribution in [-0.4, -0.2) is 42.8 Å². The van der Waals surface area contributed by atoms with E-state index in [-0.39, 0.29) is 29.4 Å². The second kappa shape index (κ2) is 8.66. The van der Waals surface area contributed by atoms with Gasteiger partial charge in [0.05, 0.1) is 0 Å². The predicted molar refractivity (Wildman–Crippen MR) is 88.6 cm³/mol. The maximum absolute atomic E-state index is 12.5. The van der Waals surface area contributed by atoms with Crippen molar-refractivity contribution < 1.29 is 9.59 Å². The molecule has 22 heavy (non-hydrogen) atoms. The lowest BCUT2D eigenvalue weighted by Crippen LogP contribution is -2.43. The molecule has 1 N–H and O–H groups in total. The summed E-state index contributed by atoms with van der Waals surface area (Å²) in [7, 11) is 0. The highest BCUT2D eigenvalue weighted by Gasteiger charge is 2.36. The third kappa shape index (κ3) is 4.80. The van der Waals surface area contributed by atoms with Crippen LogP contribution in [0, 0.1) is 17.8 Å². The molecule has 0 spiro atoms. The number of hydrogen-bond donors (Lipinski definition) is 1. The average molecular weight is 308 g/mol. The first kappa shape index (κ1) is 17.5. The molecule has 126 valence electrons. The van der Waals surface area contributed by atoms with Crippen LogP contribution in [0.4, 0.5) is 0 Å². The summed E-state index contributed by atoms with van der Waals surface area (Å²) in [5.74, 6) is 0.270. The summed E-state index contributed by atoms with van der Waals surface area (Å²) < 4.78 is 0. The van der Waals surface area contributed by atoms with Crippen LogP contribution in [-0.2, 0) is 9.59 Å². The zero-order valence-corrected chi connectivity index (χ0v) is 14.3. The van der Waals surface area contributed by atoms with Gasteiger partial charge in [-0.3, -0.25) is 9.59 Å². The Hall–Kier alpha value is -0.900. The summed E-state index contributed by atoms with van der Waals surface area (Å²) >= 11 is 0. The van der Waals surface area contributed by atoms with Crippen molar-refractivity contribution in [2.45, 2.75) is 58.8 Å². The van der Waals surface area contributed by atoms with Gasteiger partial charge < -0.3 is 10.2 Å². The molecule has 2 aliphatic rings. The number of carbonyl (C=O) groups excluding carboxylic acids is 2. The number of nitrogens with one attached hydrogen (secondary N) is 1. The van der Waals surface area contributed by atoms with Crippen LogP contribution in [0.5, 0.6) is 0 Å². The van der Waals surface area contributed by atoms with Crippen molar-refractivity contribution >= 4 is 11.7 Å². The molecule has 2 fully saturated rings. The van der Waals surface area contributed by atoms with Crippen LogP contribution in [0.15, 0.2) is 0 Å². The number of ketones is 1. The molecule has 0 radical (unpaired) electrons. The molecule has 2 rings (SSSR count). The predicted octanol–water partition coefficient (Wildman–Crippen LogP) is 2.62. The Morgan fingerprint density at radius 1 is 1.00 bits per heavy atom. The fourth-order valence-corrected chi connectivity index (χ4v) is 3.86. The van der Waals surface area contributed by atoms with Gasteiger partial charge in [-0.2, -0.15) is 0 Å². The number of nitrogens with zero attached hydrogens (tertiary/aromatic N) is 1. The number of carbonyl (C=O) groups is 2. The molecule has 1 heterocycles. The number of rotatable bonds is 6. The van der Waals surface area contributed by atoms with Gasteiger partial charge in [-0.05, 0) is 38.8 Å². The molecular weight excluding hydrogens is 276 g/mol. The molecule has 1 aliphatic heterocycles. The topological polar surface area (TPSA) is 49.4 Å². The van der Waals surface area contributed by atoms with Gasteiger partial charge in [0.1, 0.15) is 5.78 Å². The van der Waals surface area contributed by atoms with Gasteiger partial charge in [-0.1, -0.05) is 33.1 Å². The van der Waals surface area contributed by atoms with Crippen molar-refractivity contribution in [3.63, 3.8) is 0 Å². The molecule has 1 aliphatic carbocycles. The third-order valence-electron chi connectivity index (χ3n) is 5.21. The highest BCUT2D eigenvalue weighted by molar-refractivity contribution is 5.89. The SMILES string of the molecule is CC(C)C(=O)C1CCCCC1C(=O)NCCN1CCCCC1. The first-order chi connectivity index (χ1) is 10.6. The minimum Gasteiger partial charge on any atom is -0.355 e. The summed E-state index contributed by atoms with van der Waals surface area (Å²) in [5, 5.41) is 3.09. The maximum atomic E-state index is 12.5. The van der Waals surface area contributed by atoms with Crippen molar-refractivity contribution in [3.8, 4) is 0 Å². The van der Waals surface area contributed by atoms with E-state index in [4.69, 9.17) is 0 Å². The van der Waals surface area contributed by atoms with E-state index in [1.165, 1.54) is 19.3 Å². The fraction of sp³-hybridized carbons (Fsp3) is 0.889. The quantitative estimate of drug-likeness (QED) is 0.820. The summed E-state index contributed by atoms with van der Waals surface area (Å²) in [6.07, 6.45) is 7.82. The van der Waals surface area contributed by atoms with Crippen LogP contribution in [0.3, 0.4) is 0 Å². The number of Topliss-reactive ketones (excluding diaryl/α,β-unsaturated/α-hetero) is 1. The average Bonchev–Trinajstić information content (AvgIpc) is 2.55. The summed E-state index contributed by atoms with van der Waals surface area (Å²) in [5.41, 5.74) is 0. The van der Waals surface area contributed by atoms with E-state index in [1.807, 2.05) is 13.8 Å². The molecule has 0 bridgehead atoms. The molecule has 1 saturated heterocycles. The fourth-order valence-electron chi connectivity index (χ4n) is 3.86. The third-order valence-corrected chi connectivity index (χ3v) is 5.21. The van der Waals surface area contributed by atoms with Gasteiger partial charge in [0, 0.05) is 30.8 Å². The van der Waals surface area contributed by atoms with E-state index < -0.39 is 0 Å². The monoisotopic (exact) mass is 308 g/mol. The van der Waals surface area contributed by atoms with Gasteiger partial charge in [-0.25, -0.2) is 0 Å². The molecule has 4 nitrogen and oxygen atoms in total. The molecule has 1 saturated carbocycles. The Kier molecular flexibility index (Phi) is 6.87. The van der Waals surface area contributed by atoms with E-state index in [9.17, 15) is 9.59 Å². The Bertz CT molecular complexity index is 375. The number of amides is 1. The van der Waals surface area contributed by atoms with Gasteiger partial charge in [0.2, 0.25) is 5.91 Å². The zero-order valence-electron chi connectivity index (χ0n) is 14.3. The lowest BCUT2D eigenvalue weighted by atomic mass is 9.74. The lowest BCUT2D eigenvalue weighted by molar-refractivity contribution is -0.137. The van der Waals surface area contributed by atoms with Crippen LogP contribution >= 0.6 is 0 Å². The minimum absolute atomic E-state index is 0.0340. The Morgan fingerprint density at radius 3 is 2.27 bits per heavy atom. The smallest absolute Gasteiger partial charge is 0.223 e. The second-order valence-electron chi connectivity index (χ2n) is 7.25. The van der Waals surface area contributed by atoms with Crippen LogP contribution < -0.4 is 5.32 Å². The van der Waals surface area contributed by atoms with E-state index in [1.54, 1.807) is 0 Å². The number of piperidine rings is 1. The first-order valence-corrected chi connectivity index (χ1v) is 9.13. The Balaban J connectivity index is 1.79. The van der Waals surface area contributed by atoms with E-state index in [2.05, 4.69) is 10.2 Å². The summed E-state index contributed by atoms with van der Waals surface area (Å²) in [4.78, 5) is 27.3. The highest BCUT2D eigenvalue weighted by atomic mass is 16.2. The van der Waals surface area contributed by atoms with E-state index >= 15 is 0 Å². The largest absolute Gasteiger partial charge is 0.355 e. The molecule has 2 atom stereocenters. The zero-order chi connectivity index (χ0) is 15.9. The van der Waals surface area contributed by atoms with Gasteiger partial charge in [0.25, 0.3) is 0 Å². The Morgan fingerprint density at radius 2 is 1.64 bits per heavy atom. The molecule has 2 unspecified atom stereocenters. The Labute approximate surface area is 135 Å². The molecule has 0 aromatic carbocycles. The standard InChI is InChI=1S/C18H32N2O2/c1-14(2)17(21)15-8-4-5-9-16(15)18(22)19-10-13-20-11-6-3-7-12-20/h14-16H,3-13H2,1-2H3,(H,19,22). The van der Waals surface area contributed by atoms with Gasteiger partial charge >= 0.3 is 0 Å². The van der Waals surface area contributed by atoms with Crippen molar-refractivity contribution in [1.29, 1.82) is 0 Å². The van der Waals surface area contributed by atoms with Crippen molar-refractivity contribution in [3.05, 3.63) is 0 Å². The number of hydrogen-bond acceptors (Lipinski definition) is 3. The van der Waals surface area contributed by atoms with E-state index in [0.29, 0.717) is 0 Å². The highest BCUT2D eigenvalue weighted by Crippen LogP contribution is 2.32. The molecule has 1 amide bonds. The van der Waals surface area contributed by atoms with Gasteiger partial charge in [0.15, 0.2) is 0 Å². The summed E-state index contributed by atoms with van der Waals surface area (Å²) in [6.45, 7) is 7.88. The molecule has 4 heteroatoms. The number of likely N-dealkylation sites (tertiary alicyclic amines) is 1. The maximum Gasteiger partial charge on any atom is 0.223 e. The van der Waals surface area contributed by atoms with Crippen molar-refractivity contribution in [1.82, 2.24) is 10.2 Å². The second-order valence-corrected chi connectivity index (χ2v) is 7.25. The minimum atomic E-state index is -0.0926. The summed E-state index contributed by atoms with van der Waals surface area (Å²) in [6, 6.07) is 0. The first-order valence-electron chi connectivity index (χ1n) is 9.13. The molecular formula is C18H32N2O2. The van der Waals surface area contributed by atoms with Crippen LogP contribution in [0.2, 0.25) is 0 Å².